The number of nitrogens with one attached hydrogen (secondary N) is 2. The molecule has 32 heavy (non-hydrogen) atoms. The predicted molar refractivity (Wildman–Crippen MR) is 124 cm³/mol. The zero-order valence-electron chi connectivity index (χ0n) is 17.7. The zero-order valence-corrected chi connectivity index (χ0v) is 18.6. The smallest absolute Gasteiger partial charge is 0.254 e. The van der Waals surface area contributed by atoms with Crippen LogP contribution < -0.4 is 10.0 Å². The van der Waals surface area contributed by atoms with E-state index in [4.69, 9.17) is 0 Å². The molecule has 166 valence electrons. The Kier molecular flexibility index (Phi) is 6.25. The topological polar surface area (TPSA) is 95.6 Å². The predicted octanol–water partition coefficient (Wildman–Crippen LogP) is 3.24. The highest BCUT2D eigenvalue weighted by Crippen LogP contribution is 2.24. The van der Waals surface area contributed by atoms with Crippen LogP contribution in [0.2, 0.25) is 0 Å². The van der Waals surface area contributed by atoms with Crippen molar-refractivity contribution in [2.45, 2.75) is 17.7 Å². The number of likely N-dealkylation sites (tertiary alicyclic amines) is 1. The molecule has 1 heterocycles. The van der Waals surface area contributed by atoms with Gasteiger partial charge < -0.3 is 10.2 Å². The maximum Gasteiger partial charge on any atom is 0.254 e. The first-order chi connectivity index (χ1) is 15.4. The summed E-state index contributed by atoms with van der Waals surface area (Å²) in [5.41, 5.74) is 1.22. The van der Waals surface area contributed by atoms with Gasteiger partial charge in [0, 0.05) is 30.3 Å². The van der Waals surface area contributed by atoms with Gasteiger partial charge in [0.2, 0.25) is 15.9 Å². The molecule has 8 heteroatoms. The molecular formula is C24H25N3O4S. The standard InChI is InChI=1S/C24H25N3O4S/c1-25-32(30,31)20-11-9-19(10-12-20)26-23(28)18-13-15-27(16-14-18)24(29)22-8-4-6-17-5-2-3-7-21(17)22/h2-12,18,25H,13-16H2,1H3,(H,26,28). The van der Waals surface area contributed by atoms with Gasteiger partial charge in [0.15, 0.2) is 0 Å². The molecule has 0 unspecified atom stereocenters. The van der Waals surface area contributed by atoms with Crippen LogP contribution in [-0.4, -0.2) is 45.3 Å². The first-order valence-electron chi connectivity index (χ1n) is 10.5. The van der Waals surface area contributed by atoms with E-state index in [1.165, 1.54) is 19.2 Å². The molecule has 4 rings (SSSR count). The molecule has 1 fully saturated rings. The zero-order chi connectivity index (χ0) is 22.7. The lowest BCUT2D eigenvalue weighted by atomic mass is 9.94. The second-order valence-corrected chi connectivity index (χ2v) is 9.70. The lowest BCUT2D eigenvalue weighted by Crippen LogP contribution is -2.41. The first kappa shape index (κ1) is 22.0. The third kappa shape index (κ3) is 4.51. The number of hydrogen-bond acceptors (Lipinski definition) is 4. The number of carbonyl (C=O) groups is 2. The van der Waals surface area contributed by atoms with Gasteiger partial charge in [-0.3, -0.25) is 9.59 Å². The maximum absolute atomic E-state index is 13.1. The molecule has 2 amide bonds. The van der Waals surface area contributed by atoms with E-state index >= 15 is 0 Å². The Labute approximate surface area is 187 Å². The van der Waals surface area contributed by atoms with Crippen LogP contribution >= 0.6 is 0 Å². The van der Waals surface area contributed by atoms with Gasteiger partial charge in [-0.05, 0) is 61.0 Å². The summed E-state index contributed by atoms with van der Waals surface area (Å²) in [5, 5.41) is 4.81. The van der Waals surface area contributed by atoms with Crippen LogP contribution in [0.4, 0.5) is 5.69 Å². The van der Waals surface area contributed by atoms with Gasteiger partial charge in [-0.25, -0.2) is 13.1 Å². The summed E-state index contributed by atoms with van der Waals surface area (Å²) in [6.07, 6.45) is 1.16. The van der Waals surface area contributed by atoms with E-state index in [0.29, 0.717) is 37.2 Å². The van der Waals surface area contributed by atoms with Crippen LogP contribution in [0.5, 0.6) is 0 Å². The van der Waals surface area contributed by atoms with Gasteiger partial charge in [0.25, 0.3) is 5.91 Å². The van der Waals surface area contributed by atoms with Crippen molar-refractivity contribution in [3.05, 3.63) is 72.3 Å². The second kappa shape index (κ2) is 9.10. The van der Waals surface area contributed by atoms with Gasteiger partial charge in [-0.15, -0.1) is 0 Å². The van der Waals surface area contributed by atoms with E-state index in [2.05, 4.69) is 10.0 Å². The second-order valence-electron chi connectivity index (χ2n) is 7.81. The van der Waals surface area contributed by atoms with E-state index in [9.17, 15) is 18.0 Å². The number of sulfonamides is 1. The molecule has 0 saturated carbocycles. The summed E-state index contributed by atoms with van der Waals surface area (Å²) in [6, 6.07) is 19.6. The molecule has 3 aromatic carbocycles. The molecule has 0 radical (unpaired) electrons. The Hall–Kier alpha value is -3.23. The van der Waals surface area contributed by atoms with Gasteiger partial charge >= 0.3 is 0 Å². The van der Waals surface area contributed by atoms with Gasteiger partial charge in [0.1, 0.15) is 0 Å². The average Bonchev–Trinajstić information content (AvgIpc) is 2.83. The molecule has 0 aromatic heterocycles. The van der Waals surface area contributed by atoms with Crippen LogP contribution in [0.25, 0.3) is 10.8 Å². The molecule has 2 N–H and O–H groups in total. The number of hydrogen-bond donors (Lipinski definition) is 2. The Morgan fingerprint density at radius 3 is 2.25 bits per heavy atom. The molecule has 1 aliphatic rings. The van der Waals surface area contributed by atoms with Gasteiger partial charge in [-0.2, -0.15) is 0 Å². The highest BCUT2D eigenvalue weighted by atomic mass is 32.2. The van der Waals surface area contributed by atoms with Crippen molar-refractivity contribution in [3.8, 4) is 0 Å². The Balaban J connectivity index is 1.37. The van der Waals surface area contributed by atoms with Gasteiger partial charge in [0.05, 0.1) is 4.90 Å². The minimum atomic E-state index is -3.52. The van der Waals surface area contributed by atoms with E-state index in [0.717, 1.165) is 10.8 Å². The van der Waals surface area contributed by atoms with Gasteiger partial charge in [-0.1, -0.05) is 36.4 Å². The lowest BCUT2D eigenvalue weighted by Gasteiger charge is -2.31. The number of nitrogens with zero attached hydrogens (tertiary/aromatic N) is 1. The molecule has 0 atom stereocenters. The van der Waals surface area contributed by atoms with Crippen molar-refractivity contribution < 1.29 is 18.0 Å². The molecule has 3 aromatic rings. The van der Waals surface area contributed by atoms with E-state index < -0.39 is 10.0 Å². The number of carbonyl (C=O) groups excluding carboxylic acids is 2. The average molecular weight is 452 g/mol. The third-order valence-corrected chi connectivity index (χ3v) is 7.30. The van der Waals surface area contributed by atoms with Crippen molar-refractivity contribution >= 4 is 38.3 Å². The molecule has 1 saturated heterocycles. The Morgan fingerprint density at radius 2 is 1.56 bits per heavy atom. The minimum Gasteiger partial charge on any atom is -0.339 e. The van der Waals surface area contributed by atoms with Crippen molar-refractivity contribution in [2.24, 2.45) is 5.92 Å². The van der Waals surface area contributed by atoms with E-state index in [1.54, 1.807) is 12.1 Å². The van der Waals surface area contributed by atoms with Crippen LogP contribution in [0.3, 0.4) is 0 Å². The fourth-order valence-electron chi connectivity index (χ4n) is 4.01. The maximum atomic E-state index is 13.1. The third-order valence-electron chi connectivity index (χ3n) is 5.87. The number of piperidine rings is 1. The Bertz CT molecular complexity index is 1240. The SMILES string of the molecule is CNS(=O)(=O)c1ccc(NC(=O)C2CCN(C(=O)c3cccc4ccccc34)CC2)cc1. The molecule has 1 aliphatic heterocycles. The van der Waals surface area contributed by atoms with E-state index in [1.807, 2.05) is 47.4 Å². The summed E-state index contributed by atoms with van der Waals surface area (Å²) in [6.45, 7) is 1.03. The van der Waals surface area contributed by atoms with Crippen molar-refractivity contribution in [1.82, 2.24) is 9.62 Å². The highest BCUT2D eigenvalue weighted by molar-refractivity contribution is 7.89. The molecule has 0 spiro atoms. The summed E-state index contributed by atoms with van der Waals surface area (Å²) in [4.78, 5) is 27.7. The monoisotopic (exact) mass is 451 g/mol. The normalized spacial score (nSPS) is 15.0. The number of anilines is 1. The fraction of sp³-hybridized carbons (Fsp3) is 0.250. The van der Waals surface area contributed by atoms with Crippen LogP contribution in [0.1, 0.15) is 23.2 Å². The molecule has 7 nitrogen and oxygen atoms in total. The van der Waals surface area contributed by atoms with E-state index in [-0.39, 0.29) is 22.6 Å². The van der Waals surface area contributed by atoms with Crippen LogP contribution in [0, 0.1) is 5.92 Å². The van der Waals surface area contributed by atoms with Crippen molar-refractivity contribution in [1.29, 1.82) is 0 Å². The van der Waals surface area contributed by atoms with Crippen molar-refractivity contribution in [2.75, 3.05) is 25.5 Å². The van der Waals surface area contributed by atoms with Crippen LogP contribution in [0.15, 0.2) is 71.6 Å². The van der Waals surface area contributed by atoms with Crippen LogP contribution in [-0.2, 0) is 14.8 Å². The van der Waals surface area contributed by atoms with Crippen molar-refractivity contribution in [3.63, 3.8) is 0 Å². The minimum absolute atomic E-state index is 0.0120. The fourth-order valence-corrected chi connectivity index (χ4v) is 4.74. The molecular weight excluding hydrogens is 426 g/mol. The number of amides is 2. The highest BCUT2D eigenvalue weighted by Gasteiger charge is 2.28. The summed E-state index contributed by atoms with van der Waals surface area (Å²) < 4.78 is 25.9. The first-order valence-corrected chi connectivity index (χ1v) is 12.0. The lowest BCUT2D eigenvalue weighted by molar-refractivity contribution is -0.121. The molecule has 0 aliphatic carbocycles. The number of fused-ring (bicyclic) bond motifs is 1. The Morgan fingerprint density at radius 1 is 0.906 bits per heavy atom. The summed E-state index contributed by atoms with van der Waals surface area (Å²) >= 11 is 0. The molecule has 0 bridgehead atoms. The number of rotatable bonds is 5. The summed E-state index contributed by atoms with van der Waals surface area (Å²) in [5.74, 6) is -0.333. The largest absolute Gasteiger partial charge is 0.339 e. The summed E-state index contributed by atoms with van der Waals surface area (Å²) in [7, 11) is -2.17. The quantitative estimate of drug-likeness (QED) is 0.623. The number of benzene rings is 3.